The molecule has 1 aromatic rings. The SMILES string of the molecule is Cn1cc(C(=O)NC2CCN(C(=O)[C@H]3CC(=O)N([C@H]4CCS(=O)(=O)C4)C3)CC2)cn1. The summed E-state index contributed by atoms with van der Waals surface area (Å²) in [5, 5.41) is 6.98. The molecule has 3 aliphatic rings. The number of piperidine rings is 1. The maximum Gasteiger partial charge on any atom is 0.254 e. The number of sulfone groups is 1. The van der Waals surface area contributed by atoms with Gasteiger partial charge in [0.15, 0.2) is 9.84 Å². The monoisotopic (exact) mass is 437 g/mol. The Morgan fingerprint density at radius 1 is 1.20 bits per heavy atom. The number of amides is 3. The molecule has 0 spiro atoms. The van der Waals surface area contributed by atoms with E-state index in [0.29, 0.717) is 44.5 Å². The van der Waals surface area contributed by atoms with Crippen molar-refractivity contribution in [1.82, 2.24) is 24.9 Å². The van der Waals surface area contributed by atoms with Gasteiger partial charge in [0, 0.05) is 51.4 Å². The van der Waals surface area contributed by atoms with E-state index in [1.165, 1.54) is 6.20 Å². The number of likely N-dealkylation sites (tertiary alicyclic amines) is 2. The van der Waals surface area contributed by atoms with Crippen molar-refractivity contribution in [3.05, 3.63) is 18.0 Å². The van der Waals surface area contributed by atoms with Gasteiger partial charge < -0.3 is 15.1 Å². The molecule has 4 rings (SSSR count). The number of aromatic nitrogens is 2. The van der Waals surface area contributed by atoms with Gasteiger partial charge in [0.25, 0.3) is 5.91 Å². The van der Waals surface area contributed by atoms with Crippen LogP contribution in [0.5, 0.6) is 0 Å². The topological polar surface area (TPSA) is 122 Å². The second-order valence-corrected chi connectivity index (χ2v) is 10.7. The van der Waals surface area contributed by atoms with Crippen molar-refractivity contribution in [3.63, 3.8) is 0 Å². The standard InChI is InChI=1S/C19H27N5O5S/c1-22-10-14(9-20-22)18(26)21-15-2-5-23(6-3-15)19(27)13-8-17(25)24(11-13)16-4-7-30(28,29)12-16/h9-10,13,15-16H,2-8,11-12H2,1H3,(H,21,26)/t13-,16-/m0/s1. The number of aryl methyl sites for hydroxylation is 1. The van der Waals surface area contributed by atoms with Crippen molar-refractivity contribution in [2.24, 2.45) is 13.0 Å². The van der Waals surface area contributed by atoms with Crippen LogP contribution in [0, 0.1) is 5.92 Å². The van der Waals surface area contributed by atoms with Crippen molar-refractivity contribution < 1.29 is 22.8 Å². The van der Waals surface area contributed by atoms with Crippen LogP contribution in [0.4, 0.5) is 0 Å². The summed E-state index contributed by atoms with van der Waals surface area (Å²) in [6.07, 6.45) is 5.09. The van der Waals surface area contributed by atoms with Crippen molar-refractivity contribution in [2.45, 2.75) is 37.8 Å². The van der Waals surface area contributed by atoms with Crippen LogP contribution in [-0.4, -0.2) is 88.9 Å². The third-order valence-electron chi connectivity index (χ3n) is 6.27. The number of rotatable bonds is 4. The summed E-state index contributed by atoms with van der Waals surface area (Å²) in [4.78, 5) is 40.9. The van der Waals surface area contributed by atoms with E-state index in [1.807, 2.05) is 0 Å². The van der Waals surface area contributed by atoms with Crippen LogP contribution in [0.15, 0.2) is 12.4 Å². The van der Waals surface area contributed by atoms with Crippen LogP contribution in [-0.2, 0) is 26.5 Å². The summed E-state index contributed by atoms with van der Waals surface area (Å²) < 4.78 is 25.0. The molecule has 3 saturated heterocycles. The zero-order valence-corrected chi connectivity index (χ0v) is 17.8. The maximum atomic E-state index is 12.9. The van der Waals surface area contributed by atoms with E-state index in [9.17, 15) is 22.8 Å². The number of carbonyl (C=O) groups is 3. The lowest BCUT2D eigenvalue weighted by atomic mass is 10.0. The van der Waals surface area contributed by atoms with Crippen LogP contribution in [0.25, 0.3) is 0 Å². The molecule has 3 fully saturated rings. The van der Waals surface area contributed by atoms with Gasteiger partial charge in [0.05, 0.1) is 29.2 Å². The highest BCUT2D eigenvalue weighted by Crippen LogP contribution is 2.28. The quantitative estimate of drug-likeness (QED) is 0.657. The Morgan fingerprint density at radius 3 is 2.53 bits per heavy atom. The fourth-order valence-electron chi connectivity index (χ4n) is 4.58. The highest BCUT2D eigenvalue weighted by Gasteiger charge is 2.43. The van der Waals surface area contributed by atoms with Gasteiger partial charge in [-0.3, -0.25) is 19.1 Å². The summed E-state index contributed by atoms with van der Waals surface area (Å²) in [7, 11) is -1.33. The van der Waals surface area contributed by atoms with Gasteiger partial charge in [-0.05, 0) is 19.3 Å². The zero-order chi connectivity index (χ0) is 21.5. The van der Waals surface area contributed by atoms with Crippen molar-refractivity contribution in [3.8, 4) is 0 Å². The van der Waals surface area contributed by atoms with E-state index in [1.54, 1.807) is 27.7 Å². The summed E-state index contributed by atoms with van der Waals surface area (Å²) in [6, 6.07) is -0.305. The molecule has 4 heterocycles. The number of carbonyl (C=O) groups excluding carboxylic acids is 3. The van der Waals surface area contributed by atoms with E-state index in [0.717, 1.165) is 0 Å². The lowest BCUT2D eigenvalue weighted by Crippen LogP contribution is -2.48. The van der Waals surface area contributed by atoms with Crippen LogP contribution in [0.1, 0.15) is 36.0 Å². The predicted molar refractivity (Wildman–Crippen MR) is 107 cm³/mol. The number of nitrogens with one attached hydrogen (secondary N) is 1. The Hall–Kier alpha value is -2.43. The Kier molecular flexibility index (Phi) is 5.56. The lowest BCUT2D eigenvalue weighted by molar-refractivity contribution is -0.136. The Morgan fingerprint density at radius 2 is 1.93 bits per heavy atom. The van der Waals surface area contributed by atoms with E-state index in [2.05, 4.69) is 10.4 Å². The molecule has 0 unspecified atom stereocenters. The molecule has 0 radical (unpaired) electrons. The normalized spacial score (nSPS) is 26.9. The minimum absolute atomic E-state index is 0.00166. The third-order valence-corrected chi connectivity index (χ3v) is 8.02. The molecular formula is C19H27N5O5S. The molecule has 11 heteroatoms. The molecule has 0 aliphatic carbocycles. The van der Waals surface area contributed by atoms with Gasteiger partial charge in [0.2, 0.25) is 11.8 Å². The minimum Gasteiger partial charge on any atom is -0.349 e. The van der Waals surface area contributed by atoms with Gasteiger partial charge in [-0.1, -0.05) is 0 Å². The third kappa shape index (κ3) is 4.35. The summed E-state index contributed by atoms with van der Waals surface area (Å²) in [6.45, 7) is 1.36. The summed E-state index contributed by atoms with van der Waals surface area (Å²) >= 11 is 0. The Balaban J connectivity index is 1.27. The van der Waals surface area contributed by atoms with Crippen LogP contribution in [0.3, 0.4) is 0 Å². The number of hydrogen-bond acceptors (Lipinski definition) is 6. The molecule has 3 aliphatic heterocycles. The Bertz CT molecular complexity index is 950. The minimum atomic E-state index is -3.08. The first-order valence-electron chi connectivity index (χ1n) is 10.3. The molecule has 10 nitrogen and oxygen atoms in total. The van der Waals surface area contributed by atoms with Crippen molar-refractivity contribution in [2.75, 3.05) is 31.1 Å². The maximum absolute atomic E-state index is 12.9. The molecule has 0 saturated carbocycles. The highest BCUT2D eigenvalue weighted by molar-refractivity contribution is 7.91. The second kappa shape index (κ2) is 8.01. The van der Waals surface area contributed by atoms with Crippen molar-refractivity contribution >= 4 is 27.6 Å². The number of nitrogens with zero attached hydrogens (tertiary/aromatic N) is 4. The smallest absolute Gasteiger partial charge is 0.254 e. The average Bonchev–Trinajstić information content (AvgIpc) is 3.40. The summed E-state index contributed by atoms with van der Waals surface area (Å²) in [5.41, 5.74) is 0.509. The molecule has 30 heavy (non-hydrogen) atoms. The number of hydrogen-bond donors (Lipinski definition) is 1. The zero-order valence-electron chi connectivity index (χ0n) is 17.0. The van der Waals surface area contributed by atoms with E-state index >= 15 is 0 Å². The van der Waals surface area contributed by atoms with Gasteiger partial charge in [0.1, 0.15) is 0 Å². The first kappa shape index (κ1) is 20.8. The van der Waals surface area contributed by atoms with Gasteiger partial charge in [-0.25, -0.2) is 8.42 Å². The molecule has 1 N–H and O–H groups in total. The summed E-state index contributed by atoms with van der Waals surface area (Å²) in [5.74, 6) is -0.656. The van der Waals surface area contributed by atoms with E-state index in [4.69, 9.17) is 0 Å². The Labute approximate surface area is 175 Å². The first-order chi connectivity index (χ1) is 14.2. The first-order valence-corrected chi connectivity index (χ1v) is 12.1. The van der Waals surface area contributed by atoms with Crippen LogP contribution >= 0.6 is 0 Å². The van der Waals surface area contributed by atoms with Crippen LogP contribution in [0.2, 0.25) is 0 Å². The second-order valence-electron chi connectivity index (χ2n) is 8.48. The van der Waals surface area contributed by atoms with Crippen LogP contribution < -0.4 is 5.32 Å². The van der Waals surface area contributed by atoms with Gasteiger partial charge in [-0.15, -0.1) is 0 Å². The average molecular weight is 438 g/mol. The van der Waals surface area contributed by atoms with E-state index < -0.39 is 15.8 Å². The molecule has 1 aromatic heterocycles. The molecular weight excluding hydrogens is 410 g/mol. The van der Waals surface area contributed by atoms with Crippen molar-refractivity contribution in [1.29, 1.82) is 0 Å². The fraction of sp³-hybridized carbons (Fsp3) is 0.684. The fourth-order valence-corrected chi connectivity index (χ4v) is 6.31. The highest BCUT2D eigenvalue weighted by atomic mass is 32.2. The lowest BCUT2D eigenvalue weighted by Gasteiger charge is -2.34. The molecule has 164 valence electrons. The molecule has 3 amide bonds. The predicted octanol–water partition coefficient (Wildman–Crippen LogP) is -0.823. The largest absolute Gasteiger partial charge is 0.349 e. The van der Waals surface area contributed by atoms with E-state index in [-0.39, 0.29) is 47.7 Å². The molecule has 0 bridgehead atoms. The van der Waals surface area contributed by atoms with Gasteiger partial charge >= 0.3 is 0 Å². The van der Waals surface area contributed by atoms with Gasteiger partial charge in [-0.2, -0.15) is 5.10 Å². The molecule has 2 atom stereocenters. The molecule has 0 aromatic carbocycles.